The molecule has 0 unspecified atom stereocenters. The van der Waals surface area contributed by atoms with Crippen LogP contribution in [0.25, 0.3) is 0 Å². The number of hydrogen-bond donors (Lipinski definition) is 1. The van der Waals surface area contributed by atoms with Crippen molar-refractivity contribution in [2.75, 3.05) is 13.2 Å². The molecule has 0 saturated carbocycles. The highest BCUT2D eigenvalue weighted by Gasteiger charge is 2.38. The SMILES string of the molecule is C#CCOc1c(I)cc([C@H]2C(C#N)=C(N)OC3=C2C(=O)CCC3)cc1OCC. The number of carbonyl (C=O) groups excluding carboxylic acids is 1. The van der Waals surface area contributed by atoms with Crippen LogP contribution >= 0.6 is 22.6 Å². The number of allylic oxidation sites excluding steroid dienone is 3. The summed E-state index contributed by atoms with van der Waals surface area (Å²) in [6.45, 7) is 2.40. The van der Waals surface area contributed by atoms with Crippen molar-refractivity contribution in [3.05, 3.63) is 44.1 Å². The van der Waals surface area contributed by atoms with Gasteiger partial charge in [0.15, 0.2) is 17.3 Å². The number of rotatable bonds is 5. The smallest absolute Gasteiger partial charge is 0.205 e. The second-order valence-electron chi connectivity index (χ2n) is 6.29. The van der Waals surface area contributed by atoms with Crippen LogP contribution in [0, 0.1) is 27.2 Å². The highest BCUT2D eigenvalue weighted by molar-refractivity contribution is 14.1. The van der Waals surface area contributed by atoms with Crippen LogP contribution in [-0.4, -0.2) is 19.0 Å². The zero-order valence-corrected chi connectivity index (χ0v) is 17.5. The molecular formula is C21H19IN2O4. The summed E-state index contributed by atoms with van der Waals surface area (Å²) in [4.78, 5) is 12.7. The first-order chi connectivity index (χ1) is 13.5. The highest BCUT2D eigenvalue weighted by Crippen LogP contribution is 2.46. The molecule has 0 radical (unpaired) electrons. The van der Waals surface area contributed by atoms with Crippen LogP contribution in [0.2, 0.25) is 0 Å². The third-order valence-electron chi connectivity index (χ3n) is 4.57. The van der Waals surface area contributed by atoms with Crippen LogP contribution in [0.5, 0.6) is 11.5 Å². The van der Waals surface area contributed by atoms with Crippen molar-refractivity contribution >= 4 is 28.4 Å². The Kier molecular flexibility index (Phi) is 6.15. The van der Waals surface area contributed by atoms with Gasteiger partial charge < -0.3 is 19.9 Å². The average molecular weight is 490 g/mol. The van der Waals surface area contributed by atoms with Crippen molar-refractivity contribution in [3.63, 3.8) is 0 Å². The first-order valence-corrected chi connectivity index (χ1v) is 9.96. The van der Waals surface area contributed by atoms with E-state index in [0.717, 1.165) is 9.13 Å². The predicted octanol–water partition coefficient (Wildman–Crippen LogP) is 3.52. The van der Waals surface area contributed by atoms with E-state index in [1.165, 1.54) is 0 Å². The lowest BCUT2D eigenvalue weighted by Crippen LogP contribution is -2.27. The van der Waals surface area contributed by atoms with E-state index in [1.807, 2.05) is 13.0 Å². The van der Waals surface area contributed by atoms with Crippen molar-refractivity contribution < 1.29 is 19.0 Å². The molecule has 1 aliphatic heterocycles. The van der Waals surface area contributed by atoms with E-state index < -0.39 is 5.92 Å². The molecule has 0 saturated heterocycles. The fraction of sp³-hybridized carbons (Fsp3) is 0.333. The van der Waals surface area contributed by atoms with Gasteiger partial charge in [0.05, 0.1) is 16.1 Å². The minimum Gasteiger partial charge on any atom is -0.490 e. The van der Waals surface area contributed by atoms with E-state index in [4.69, 9.17) is 26.4 Å². The normalized spacial score (nSPS) is 18.7. The summed E-state index contributed by atoms with van der Waals surface area (Å²) < 4.78 is 17.8. The Balaban J connectivity index is 2.17. The maximum Gasteiger partial charge on any atom is 0.205 e. The predicted molar refractivity (Wildman–Crippen MR) is 111 cm³/mol. The fourth-order valence-corrected chi connectivity index (χ4v) is 4.24. The van der Waals surface area contributed by atoms with Crippen molar-refractivity contribution in [1.82, 2.24) is 0 Å². The average Bonchev–Trinajstić information content (AvgIpc) is 2.66. The molecule has 2 aliphatic rings. The van der Waals surface area contributed by atoms with Crippen molar-refractivity contribution in [2.45, 2.75) is 32.1 Å². The van der Waals surface area contributed by atoms with Gasteiger partial charge in [0, 0.05) is 18.4 Å². The lowest BCUT2D eigenvalue weighted by atomic mass is 9.77. The summed E-state index contributed by atoms with van der Waals surface area (Å²) in [5, 5.41) is 9.70. The van der Waals surface area contributed by atoms with Gasteiger partial charge in [-0.1, -0.05) is 5.92 Å². The second kappa shape index (κ2) is 8.57. The molecule has 6 nitrogen and oxygen atoms in total. The molecule has 1 atom stereocenters. The number of hydrogen-bond acceptors (Lipinski definition) is 6. The van der Waals surface area contributed by atoms with Crippen LogP contribution in [0.4, 0.5) is 0 Å². The maximum atomic E-state index is 12.7. The third-order valence-corrected chi connectivity index (χ3v) is 5.37. The summed E-state index contributed by atoms with van der Waals surface area (Å²) in [7, 11) is 0. The van der Waals surface area contributed by atoms with Gasteiger partial charge in [-0.05, 0) is 53.6 Å². The first-order valence-electron chi connectivity index (χ1n) is 8.88. The van der Waals surface area contributed by atoms with E-state index in [-0.39, 0.29) is 23.8 Å². The Bertz CT molecular complexity index is 966. The molecule has 2 N–H and O–H groups in total. The standard InChI is InChI=1S/C21H19IN2O4/c1-3-8-27-20-14(22)9-12(10-17(20)26-4-2)18-13(11-23)21(24)28-16-7-5-6-15(25)19(16)18/h1,9-10,18H,4-8,24H2,2H3/t18-/m0/s1. The highest BCUT2D eigenvalue weighted by atomic mass is 127. The van der Waals surface area contributed by atoms with Crippen LogP contribution in [0.15, 0.2) is 34.9 Å². The fourth-order valence-electron chi connectivity index (χ4n) is 3.46. The lowest BCUT2D eigenvalue weighted by molar-refractivity contribution is -0.116. The van der Waals surface area contributed by atoms with E-state index in [0.29, 0.717) is 48.7 Å². The van der Waals surface area contributed by atoms with Gasteiger partial charge >= 0.3 is 0 Å². The van der Waals surface area contributed by atoms with E-state index in [9.17, 15) is 10.1 Å². The Morgan fingerprint density at radius 2 is 2.18 bits per heavy atom. The first kappa shape index (κ1) is 20.1. The third kappa shape index (κ3) is 3.67. The Labute approximate surface area is 177 Å². The Morgan fingerprint density at radius 3 is 2.86 bits per heavy atom. The molecule has 0 amide bonds. The second-order valence-corrected chi connectivity index (χ2v) is 7.46. The molecule has 7 heteroatoms. The molecule has 144 valence electrons. The lowest BCUT2D eigenvalue weighted by Gasteiger charge is -2.31. The minimum absolute atomic E-state index is 0.0212. The largest absolute Gasteiger partial charge is 0.490 e. The number of nitrogens with zero attached hydrogens (tertiary/aromatic N) is 1. The van der Waals surface area contributed by atoms with Crippen LogP contribution in [-0.2, 0) is 9.53 Å². The molecule has 3 rings (SSSR count). The molecule has 0 spiro atoms. The number of ketones is 1. The summed E-state index contributed by atoms with van der Waals surface area (Å²) in [5.74, 6) is 3.47. The summed E-state index contributed by atoms with van der Waals surface area (Å²) in [6.07, 6.45) is 7.06. The number of halogens is 1. The van der Waals surface area contributed by atoms with Crippen LogP contribution in [0.3, 0.4) is 0 Å². The van der Waals surface area contributed by atoms with Gasteiger partial charge in [-0.15, -0.1) is 6.42 Å². The van der Waals surface area contributed by atoms with E-state index in [1.54, 1.807) is 6.07 Å². The number of Topliss-reactive ketones (excluding diaryl/α,β-unsaturated/α-hetero) is 1. The van der Waals surface area contributed by atoms with Gasteiger partial charge in [0.2, 0.25) is 5.88 Å². The van der Waals surface area contributed by atoms with Gasteiger partial charge in [-0.3, -0.25) is 4.79 Å². The van der Waals surface area contributed by atoms with Gasteiger partial charge in [0.1, 0.15) is 24.0 Å². The quantitative estimate of drug-likeness (QED) is 0.502. The number of carbonyl (C=O) groups is 1. The molecular weight excluding hydrogens is 471 g/mol. The van der Waals surface area contributed by atoms with Crippen molar-refractivity contribution in [2.24, 2.45) is 5.73 Å². The summed E-state index contributed by atoms with van der Waals surface area (Å²) >= 11 is 2.13. The number of nitriles is 1. The van der Waals surface area contributed by atoms with Gasteiger partial charge in [-0.25, -0.2) is 0 Å². The Morgan fingerprint density at radius 1 is 1.39 bits per heavy atom. The summed E-state index contributed by atoms with van der Waals surface area (Å²) in [5.41, 5.74) is 7.47. The zero-order valence-electron chi connectivity index (χ0n) is 15.4. The molecule has 28 heavy (non-hydrogen) atoms. The molecule has 1 aliphatic carbocycles. The monoisotopic (exact) mass is 490 g/mol. The van der Waals surface area contributed by atoms with Gasteiger partial charge in [-0.2, -0.15) is 5.26 Å². The molecule has 0 bridgehead atoms. The maximum absolute atomic E-state index is 12.7. The number of terminal acetylenes is 1. The van der Waals surface area contributed by atoms with Crippen LogP contribution in [0.1, 0.15) is 37.7 Å². The van der Waals surface area contributed by atoms with E-state index in [2.05, 4.69) is 34.6 Å². The topological polar surface area (TPSA) is 94.6 Å². The number of nitrogens with two attached hydrogens (primary N) is 1. The molecule has 1 aromatic rings. The van der Waals surface area contributed by atoms with E-state index >= 15 is 0 Å². The molecule has 1 heterocycles. The Hall–Kier alpha value is -2.65. The summed E-state index contributed by atoms with van der Waals surface area (Å²) in [6, 6.07) is 5.76. The van der Waals surface area contributed by atoms with Crippen molar-refractivity contribution in [1.29, 1.82) is 5.26 Å². The minimum atomic E-state index is -0.587. The zero-order chi connectivity index (χ0) is 20.3. The molecule has 0 fully saturated rings. The van der Waals surface area contributed by atoms with Crippen molar-refractivity contribution in [3.8, 4) is 29.9 Å². The molecule has 0 aromatic heterocycles. The molecule has 1 aromatic carbocycles. The van der Waals surface area contributed by atoms with Gasteiger partial charge in [0.25, 0.3) is 0 Å². The van der Waals surface area contributed by atoms with Crippen LogP contribution < -0.4 is 15.2 Å². The number of ether oxygens (including phenoxy) is 3. The number of benzene rings is 1.